The summed E-state index contributed by atoms with van der Waals surface area (Å²) >= 11 is 2.28. The second-order valence-electron chi connectivity index (χ2n) is 5.01. The van der Waals surface area contributed by atoms with Gasteiger partial charge in [-0.1, -0.05) is 48.4 Å². The van der Waals surface area contributed by atoms with Gasteiger partial charge in [0.15, 0.2) is 0 Å². The molecule has 1 saturated carbocycles. The van der Waals surface area contributed by atoms with Gasteiger partial charge in [-0.3, -0.25) is 0 Å². The van der Waals surface area contributed by atoms with Crippen molar-refractivity contribution in [1.29, 1.82) is 0 Å². The van der Waals surface area contributed by atoms with Crippen LogP contribution in [0.5, 0.6) is 0 Å². The van der Waals surface area contributed by atoms with E-state index in [1.54, 1.807) is 0 Å². The first-order chi connectivity index (χ1) is 8.23. The summed E-state index contributed by atoms with van der Waals surface area (Å²) in [6, 6.07) is 0. The van der Waals surface area contributed by atoms with Gasteiger partial charge in [0.25, 0.3) is 0 Å². The molecule has 0 aromatic rings. The maximum Gasteiger partial charge on any atom is 0.0704 e. The van der Waals surface area contributed by atoms with Gasteiger partial charge >= 0.3 is 0 Å². The summed E-state index contributed by atoms with van der Waals surface area (Å²) in [5, 5.41) is 0. The van der Waals surface area contributed by atoms with E-state index < -0.39 is 0 Å². The SMILES string of the molecule is CCOCCO[C@@H](CC=CI)C1(C)CCCC1. The van der Waals surface area contributed by atoms with Gasteiger partial charge in [0.2, 0.25) is 0 Å². The van der Waals surface area contributed by atoms with E-state index in [2.05, 4.69) is 39.7 Å². The van der Waals surface area contributed by atoms with E-state index in [1.165, 1.54) is 25.7 Å². The summed E-state index contributed by atoms with van der Waals surface area (Å²) in [4.78, 5) is 0. The van der Waals surface area contributed by atoms with Crippen molar-refractivity contribution < 1.29 is 9.47 Å². The molecule has 100 valence electrons. The van der Waals surface area contributed by atoms with Gasteiger partial charge in [0.05, 0.1) is 19.3 Å². The van der Waals surface area contributed by atoms with Gasteiger partial charge in [-0.25, -0.2) is 0 Å². The van der Waals surface area contributed by atoms with E-state index in [0.29, 0.717) is 11.5 Å². The minimum Gasteiger partial charge on any atom is -0.379 e. The Morgan fingerprint density at radius 3 is 2.59 bits per heavy atom. The van der Waals surface area contributed by atoms with E-state index >= 15 is 0 Å². The molecule has 0 saturated heterocycles. The lowest BCUT2D eigenvalue weighted by Crippen LogP contribution is -2.33. The summed E-state index contributed by atoms with van der Waals surface area (Å²) in [7, 11) is 0. The molecule has 1 aliphatic carbocycles. The largest absolute Gasteiger partial charge is 0.379 e. The summed E-state index contributed by atoms with van der Waals surface area (Å²) in [5.74, 6) is 0. The Labute approximate surface area is 119 Å². The molecule has 0 bridgehead atoms. The summed E-state index contributed by atoms with van der Waals surface area (Å²) in [6.07, 6.45) is 8.94. The standard InChI is InChI=1S/C14H25IO2/c1-3-16-11-12-17-13(7-6-10-15)14(2)8-4-5-9-14/h6,10,13H,3-5,7-9,11-12H2,1-2H3/t13-/m0/s1. The number of rotatable bonds is 8. The second kappa shape index (κ2) is 8.48. The minimum absolute atomic E-state index is 0.358. The Hall–Kier alpha value is 0.390. The van der Waals surface area contributed by atoms with Gasteiger partial charge in [-0.15, -0.1) is 0 Å². The number of hydrogen-bond donors (Lipinski definition) is 0. The summed E-state index contributed by atoms with van der Waals surface area (Å²) in [6.45, 7) is 6.63. The molecule has 1 rings (SSSR count). The highest BCUT2D eigenvalue weighted by Crippen LogP contribution is 2.43. The first kappa shape index (κ1) is 15.4. The lowest BCUT2D eigenvalue weighted by Gasteiger charge is -2.33. The van der Waals surface area contributed by atoms with Crippen molar-refractivity contribution in [3.63, 3.8) is 0 Å². The molecular weight excluding hydrogens is 327 g/mol. The Morgan fingerprint density at radius 2 is 2.00 bits per heavy atom. The van der Waals surface area contributed by atoms with E-state index in [1.807, 2.05) is 6.92 Å². The number of halogens is 1. The van der Waals surface area contributed by atoms with Crippen molar-refractivity contribution in [2.75, 3.05) is 19.8 Å². The molecule has 0 spiro atoms. The molecule has 2 nitrogen and oxygen atoms in total. The molecule has 1 aliphatic rings. The molecule has 1 atom stereocenters. The topological polar surface area (TPSA) is 18.5 Å². The Kier molecular flexibility index (Phi) is 7.71. The predicted molar refractivity (Wildman–Crippen MR) is 80.6 cm³/mol. The van der Waals surface area contributed by atoms with Gasteiger partial charge in [0, 0.05) is 6.61 Å². The average Bonchev–Trinajstić information content (AvgIpc) is 2.76. The molecule has 0 amide bonds. The molecule has 0 unspecified atom stereocenters. The first-order valence-corrected chi connectivity index (χ1v) is 7.92. The molecule has 3 heteroatoms. The Balaban J connectivity index is 2.42. The fourth-order valence-corrected chi connectivity index (χ4v) is 2.92. The van der Waals surface area contributed by atoms with E-state index in [9.17, 15) is 0 Å². The molecule has 17 heavy (non-hydrogen) atoms. The highest BCUT2D eigenvalue weighted by Gasteiger charge is 2.36. The van der Waals surface area contributed by atoms with Gasteiger partial charge in [-0.05, 0) is 35.7 Å². The second-order valence-corrected chi connectivity index (χ2v) is 5.73. The lowest BCUT2D eigenvalue weighted by molar-refractivity contribution is -0.0502. The van der Waals surface area contributed by atoms with Crippen molar-refractivity contribution in [3.05, 3.63) is 10.2 Å². The van der Waals surface area contributed by atoms with Crippen LogP contribution in [0.15, 0.2) is 10.2 Å². The number of ether oxygens (including phenoxy) is 2. The highest BCUT2D eigenvalue weighted by atomic mass is 127. The van der Waals surface area contributed by atoms with Crippen molar-refractivity contribution in [3.8, 4) is 0 Å². The van der Waals surface area contributed by atoms with E-state index in [4.69, 9.17) is 9.47 Å². The van der Waals surface area contributed by atoms with Crippen LogP contribution in [0.25, 0.3) is 0 Å². The fraction of sp³-hybridized carbons (Fsp3) is 0.857. The third-order valence-corrected chi connectivity index (χ3v) is 4.22. The zero-order chi connectivity index (χ0) is 12.6. The zero-order valence-electron chi connectivity index (χ0n) is 11.1. The Bertz CT molecular complexity index is 222. The van der Waals surface area contributed by atoms with Gasteiger partial charge in [0.1, 0.15) is 0 Å². The molecule has 0 aliphatic heterocycles. The van der Waals surface area contributed by atoms with Gasteiger partial charge in [-0.2, -0.15) is 0 Å². The first-order valence-electron chi connectivity index (χ1n) is 6.67. The number of hydrogen-bond acceptors (Lipinski definition) is 2. The Morgan fingerprint density at radius 1 is 1.29 bits per heavy atom. The van der Waals surface area contributed by atoms with Crippen LogP contribution in [0.3, 0.4) is 0 Å². The van der Waals surface area contributed by atoms with Crippen LogP contribution >= 0.6 is 22.6 Å². The molecule has 0 radical (unpaired) electrons. The van der Waals surface area contributed by atoms with Gasteiger partial charge < -0.3 is 9.47 Å². The normalized spacial score (nSPS) is 21.1. The van der Waals surface area contributed by atoms with Crippen molar-refractivity contribution in [2.45, 2.75) is 52.1 Å². The molecule has 0 heterocycles. The van der Waals surface area contributed by atoms with Crippen molar-refractivity contribution in [1.82, 2.24) is 0 Å². The zero-order valence-corrected chi connectivity index (χ0v) is 13.2. The van der Waals surface area contributed by atoms with Crippen LogP contribution in [0.4, 0.5) is 0 Å². The van der Waals surface area contributed by atoms with Crippen molar-refractivity contribution >= 4 is 22.6 Å². The van der Waals surface area contributed by atoms with Crippen LogP contribution in [0.1, 0.15) is 46.0 Å². The van der Waals surface area contributed by atoms with E-state index in [-0.39, 0.29) is 0 Å². The van der Waals surface area contributed by atoms with Crippen LogP contribution < -0.4 is 0 Å². The molecule has 0 aromatic carbocycles. The molecule has 0 N–H and O–H groups in total. The minimum atomic E-state index is 0.358. The van der Waals surface area contributed by atoms with Crippen LogP contribution in [-0.4, -0.2) is 25.9 Å². The smallest absolute Gasteiger partial charge is 0.0704 e. The molecule has 1 fully saturated rings. The molecule has 0 aromatic heterocycles. The third kappa shape index (κ3) is 5.26. The summed E-state index contributed by atoms with van der Waals surface area (Å²) in [5.41, 5.74) is 0.377. The maximum absolute atomic E-state index is 6.05. The quantitative estimate of drug-likeness (QED) is 0.478. The van der Waals surface area contributed by atoms with Crippen molar-refractivity contribution in [2.24, 2.45) is 5.41 Å². The fourth-order valence-electron chi connectivity index (χ4n) is 2.63. The van der Waals surface area contributed by atoms with Crippen LogP contribution in [0, 0.1) is 5.41 Å². The molecular formula is C14H25IO2. The summed E-state index contributed by atoms with van der Waals surface area (Å²) < 4.78 is 13.5. The third-order valence-electron chi connectivity index (χ3n) is 3.71. The van der Waals surface area contributed by atoms with Crippen LogP contribution in [-0.2, 0) is 9.47 Å². The highest BCUT2D eigenvalue weighted by molar-refractivity contribution is 14.1. The lowest BCUT2D eigenvalue weighted by atomic mass is 9.81. The average molecular weight is 352 g/mol. The monoisotopic (exact) mass is 352 g/mol. The predicted octanol–water partition coefficient (Wildman–Crippen LogP) is 4.33. The van der Waals surface area contributed by atoms with E-state index in [0.717, 1.165) is 26.2 Å². The van der Waals surface area contributed by atoms with Crippen LogP contribution in [0.2, 0.25) is 0 Å². The maximum atomic E-state index is 6.05.